The van der Waals surface area contributed by atoms with Crippen LogP contribution in [0.25, 0.3) is 0 Å². The normalized spacial score (nSPS) is 12.6. The molecule has 96 valence electrons. The van der Waals surface area contributed by atoms with E-state index < -0.39 is 0 Å². The molecule has 0 aliphatic carbocycles. The molecule has 0 fully saturated rings. The number of hydrogen-bond donors (Lipinski definition) is 2. The van der Waals surface area contributed by atoms with Gasteiger partial charge in [-0.2, -0.15) is 15.4 Å². The average molecular weight is 244 g/mol. The van der Waals surface area contributed by atoms with Crippen molar-refractivity contribution in [2.24, 2.45) is 0 Å². The van der Waals surface area contributed by atoms with Crippen LogP contribution in [0.5, 0.6) is 0 Å². The van der Waals surface area contributed by atoms with E-state index in [9.17, 15) is 0 Å². The molecular formula is C14H20N4. The van der Waals surface area contributed by atoms with Gasteiger partial charge in [-0.05, 0) is 30.5 Å². The summed E-state index contributed by atoms with van der Waals surface area (Å²) in [4.78, 5) is 0. The Balaban J connectivity index is 2.21. The quantitative estimate of drug-likeness (QED) is 0.820. The van der Waals surface area contributed by atoms with E-state index in [-0.39, 0.29) is 6.04 Å². The van der Waals surface area contributed by atoms with Gasteiger partial charge in [0.2, 0.25) is 0 Å². The molecule has 0 saturated carbocycles. The summed E-state index contributed by atoms with van der Waals surface area (Å²) in [6.45, 7) is 5.29. The maximum atomic E-state index is 4.19. The minimum Gasteiger partial charge on any atom is -0.305 e. The van der Waals surface area contributed by atoms with E-state index >= 15 is 0 Å². The fourth-order valence-corrected chi connectivity index (χ4v) is 1.98. The topological polar surface area (TPSA) is 53.6 Å². The summed E-state index contributed by atoms with van der Waals surface area (Å²) >= 11 is 0. The van der Waals surface area contributed by atoms with Crippen molar-refractivity contribution in [3.05, 3.63) is 47.3 Å². The fraction of sp³-hybridized carbons (Fsp3) is 0.429. The molecule has 0 radical (unpaired) electrons. The number of aromatic amines is 1. The maximum Gasteiger partial charge on any atom is 0.104 e. The highest BCUT2D eigenvalue weighted by Gasteiger charge is 2.15. The van der Waals surface area contributed by atoms with E-state index in [1.807, 2.05) is 0 Å². The SMILES string of the molecule is CCCNC(c1ccc(CC)cc1)c1cn[nH]n1. The zero-order chi connectivity index (χ0) is 12.8. The summed E-state index contributed by atoms with van der Waals surface area (Å²) in [5.41, 5.74) is 3.52. The van der Waals surface area contributed by atoms with Crippen molar-refractivity contribution in [1.82, 2.24) is 20.7 Å². The van der Waals surface area contributed by atoms with Crippen molar-refractivity contribution < 1.29 is 0 Å². The van der Waals surface area contributed by atoms with E-state index in [1.54, 1.807) is 6.20 Å². The highest BCUT2D eigenvalue weighted by Crippen LogP contribution is 2.20. The first-order chi connectivity index (χ1) is 8.85. The number of nitrogens with zero attached hydrogens (tertiary/aromatic N) is 2. The maximum absolute atomic E-state index is 4.19. The molecule has 0 saturated heterocycles. The number of H-pyrrole nitrogens is 1. The molecule has 2 rings (SSSR count). The average Bonchev–Trinajstić information content (AvgIpc) is 2.94. The first-order valence-corrected chi connectivity index (χ1v) is 6.53. The van der Waals surface area contributed by atoms with Crippen molar-refractivity contribution in [3.8, 4) is 0 Å². The van der Waals surface area contributed by atoms with Gasteiger partial charge in [-0.15, -0.1) is 0 Å². The van der Waals surface area contributed by atoms with Gasteiger partial charge in [-0.25, -0.2) is 0 Å². The molecule has 0 spiro atoms. The zero-order valence-electron chi connectivity index (χ0n) is 11.0. The molecule has 4 nitrogen and oxygen atoms in total. The van der Waals surface area contributed by atoms with Gasteiger partial charge in [0.05, 0.1) is 12.2 Å². The molecule has 0 aliphatic heterocycles. The predicted molar refractivity (Wildman–Crippen MR) is 72.3 cm³/mol. The van der Waals surface area contributed by atoms with Gasteiger partial charge in [0, 0.05) is 0 Å². The van der Waals surface area contributed by atoms with Gasteiger partial charge in [0.1, 0.15) is 5.69 Å². The molecule has 1 aromatic carbocycles. The summed E-state index contributed by atoms with van der Waals surface area (Å²) in [6.07, 6.45) is 3.94. The first-order valence-electron chi connectivity index (χ1n) is 6.53. The van der Waals surface area contributed by atoms with Gasteiger partial charge < -0.3 is 5.32 Å². The van der Waals surface area contributed by atoms with E-state index in [0.29, 0.717) is 0 Å². The lowest BCUT2D eigenvalue weighted by atomic mass is 10.0. The second kappa shape index (κ2) is 6.31. The number of hydrogen-bond acceptors (Lipinski definition) is 3. The van der Waals surface area contributed by atoms with Crippen LogP contribution in [0.3, 0.4) is 0 Å². The van der Waals surface area contributed by atoms with Crippen molar-refractivity contribution in [1.29, 1.82) is 0 Å². The number of aromatic nitrogens is 3. The van der Waals surface area contributed by atoms with E-state index in [4.69, 9.17) is 0 Å². The van der Waals surface area contributed by atoms with Crippen LogP contribution in [0.4, 0.5) is 0 Å². The van der Waals surface area contributed by atoms with Crippen LogP contribution in [-0.4, -0.2) is 22.0 Å². The van der Waals surface area contributed by atoms with Crippen LogP contribution in [0.15, 0.2) is 30.5 Å². The van der Waals surface area contributed by atoms with Crippen LogP contribution < -0.4 is 5.32 Å². The summed E-state index contributed by atoms with van der Waals surface area (Å²) in [5.74, 6) is 0. The van der Waals surface area contributed by atoms with Gasteiger partial charge in [0.15, 0.2) is 0 Å². The van der Waals surface area contributed by atoms with Crippen molar-refractivity contribution in [3.63, 3.8) is 0 Å². The Kier molecular flexibility index (Phi) is 4.47. The summed E-state index contributed by atoms with van der Waals surface area (Å²) in [5, 5.41) is 14.3. The molecule has 2 N–H and O–H groups in total. The Bertz CT molecular complexity index is 447. The summed E-state index contributed by atoms with van der Waals surface area (Å²) in [6, 6.07) is 8.81. The highest BCUT2D eigenvalue weighted by molar-refractivity contribution is 5.29. The van der Waals surface area contributed by atoms with Gasteiger partial charge >= 0.3 is 0 Å². The van der Waals surface area contributed by atoms with Gasteiger partial charge in [-0.3, -0.25) is 0 Å². The number of rotatable bonds is 6. The Morgan fingerprint density at radius 1 is 1.22 bits per heavy atom. The lowest BCUT2D eigenvalue weighted by molar-refractivity contribution is 0.585. The lowest BCUT2D eigenvalue weighted by Gasteiger charge is -2.16. The predicted octanol–water partition coefficient (Wildman–Crippen LogP) is 2.46. The zero-order valence-corrected chi connectivity index (χ0v) is 11.0. The largest absolute Gasteiger partial charge is 0.305 e. The smallest absolute Gasteiger partial charge is 0.104 e. The van der Waals surface area contributed by atoms with E-state index in [0.717, 1.165) is 25.1 Å². The van der Waals surface area contributed by atoms with Gasteiger partial charge in [0.25, 0.3) is 0 Å². The molecule has 1 unspecified atom stereocenters. The van der Waals surface area contributed by atoms with Crippen molar-refractivity contribution in [2.45, 2.75) is 32.7 Å². The second-order valence-corrected chi connectivity index (χ2v) is 4.38. The van der Waals surface area contributed by atoms with E-state index in [2.05, 4.69) is 58.8 Å². The van der Waals surface area contributed by atoms with Crippen LogP contribution in [0.2, 0.25) is 0 Å². The molecular weight excluding hydrogens is 224 g/mol. The highest BCUT2D eigenvalue weighted by atomic mass is 15.3. The molecule has 18 heavy (non-hydrogen) atoms. The third-order valence-corrected chi connectivity index (χ3v) is 3.05. The Hall–Kier alpha value is -1.68. The minimum absolute atomic E-state index is 0.120. The molecule has 0 amide bonds. The number of nitrogens with one attached hydrogen (secondary N) is 2. The third-order valence-electron chi connectivity index (χ3n) is 3.05. The van der Waals surface area contributed by atoms with Gasteiger partial charge in [-0.1, -0.05) is 38.1 Å². The Labute approximate surface area is 108 Å². The summed E-state index contributed by atoms with van der Waals surface area (Å²) in [7, 11) is 0. The van der Waals surface area contributed by atoms with E-state index in [1.165, 1.54) is 11.1 Å². The van der Waals surface area contributed by atoms with Crippen LogP contribution >= 0.6 is 0 Å². The minimum atomic E-state index is 0.120. The first kappa shape index (κ1) is 12.8. The molecule has 0 bridgehead atoms. The van der Waals surface area contributed by atoms with Crippen LogP contribution in [0, 0.1) is 0 Å². The second-order valence-electron chi connectivity index (χ2n) is 4.38. The van der Waals surface area contributed by atoms with Crippen molar-refractivity contribution in [2.75, 3.05) is 6.54 Å². The molecule has 1 heterocycles. The van der Waals surface area contributed by atoms with Crippen molar-refractivity contribution >= 4 is 0 Å². The number of aryl methyl sites for hydroxylation is 1. The Morgan fingerprint density at radius 2 is 2.00 bits per heavy atom. The Morgan fingerprint density at radius 3 is 2.56 bits per heavy atom. The molecule has 2 aromatic rings. The number of benzene rings is 1. The molecule has 1 atom stereocenters. The van der Waals surface area contributed by atoms with Crippen LogP contribution in [0.1, 0.15) is 43.1 Å². The van der Waals surface area contributed by atoms with Crippen LogP contribution in [-0.2, 0) is 6.42 Å². The lowest BCUT2D eigenvalue weighted by Crippen LogP contribution is -2.23. The third kappa shape index (κ3) is 2.96. The standard InChI is InChI=1S/C14H20N4/c1-3-9-15-14(13-10-16-18-17-13)12-7-5-11(4-2)6-8-12/h5-8,10,14-15H,3-4,9H2,1-2H3,(H,16,17,18). The molecule has 4 heteroatoms. The fourth-order valence-electron chi connectivity index (χ4n) is 1.98. The summed E-state index contributed by atoms with van der Waals surface area (Å²) < 4.78 is 0. The monoisotopic (exact) mass is 244 g/mol. The molecule has 1 aromatic heterocycles. The molecule has 0 aliphatic rings.